The van der Waals surface area contributed by atoms with Crippen LogP contribution in [0.5, 0.6) is 0 Å². The summed E-state index contributed by atoms with van der Waals surface area (Å²) < 4.78 is 15.9. The van der Waals surface area contributed by atoms with Crippen molar-refractivity contribution >= 4 is 16.8 Å². The van der Waals surface area contributed by atoms with Crippen LogP contribution in [0.4, 0.5) is 4.39 Å². The van der Waals surface area contributed by atoms with Crippen LogP contribution in [0.2, 0.25) is 0 Å². The number of fused-ring (bicyclic) bond motifs is 1. The Balaban J connectivity index is 1.33. The van der Waals surface area contributed by atoms with Crippen LogP contribution >= 0.6 is 0 Å². The fourth-order valence-electron chi connectivity index (χ4n) is 4.63. The van der Waals surface area contributed by atoms with Crippen LogP contribution in [0.3, 0.4) is 0 Å². The quantitative estimate of drug-likeness (QED) is 0.688. The van der Waals surface area contributed by atoms with Gasteiger partial charge in [0.15, 0.2) is 0 Å². The number of hydrogen-bond donors (Lipinski definition) is 0. The number of carbonyl (C=O) groups excluding carboxylic acids is 1. The zero-order valence-corrected chi connectivity index (χ0v) is 15.9. The highest BCUT2D eigenvalue weighted by atomic mass is 19.1. The third-order valence-corrected chi connectivity index (χ3v) is 6.18. The van der Waals surface area contributed by atoms with Gasteiger partial charge in [0.25, 0.3) is 5.91 Å². The summed E-state index contributed by atoms with van der Waals surface area (Å²) in [7, 11) is 0. The van der Waals surface area contributed by atoms with E-state index in [9.17, 15) is 9.18 Å². The van der Waals surface area contributed by atoms with E-state index >= 15 is 0 Å². The summed E-state index contributed by atoms with van der Waals surface area (Å²) in [6.45, 7) is 4.02. The zero-order valence-electron chi connectivity index (χ0n) is 15.9. The topological polar surface area (TPSA) is 28.5 Å². The van der Waals surface area contributed by atoms with Crippen LogP contribution in [0, 0.1) is 5.82 Å². The average Bonchev–Trinajstić information content (AvgIpc) is 3.47. The van der Waals surface area contributed by atoms with Gasteiger partial charge in [-0.3, -0.25) is 9.69 Å². The van der Waals surface area contributed by atoms with Crippen LogP contribution in [0.15, 0.2) is 54.7 Å². The van der Waals surface area contributed by atoms with Crippen molar-refractivity contribution in [2.24, 2.45) is 0 Å². The summed E-state index contributed by atoms with van der Waals surface area (Å²) in [4.78, 5) is 17.4. The third-order valence-electron chi connectivity index (χ3n) is 6.18. The molecule has 2 aromatic carbocycles. The van der Waals surface area contributed by atoms with Crippen molar-refractivity contribution in [3.05, 3.63) is 66.1 Å². The van der Waals surface area contributed by atoms with Gasteiger partial charge in [-0.2, -0.15) is 0 Å². The van der Waals surface area contributed by atoms with Crippen LogP contribution < -0.4 is 0 Å². The van der Waals surface area contributed by atoms with Crippen molar-refractivity contribution in [1.82, 2.24) is 14.4 Å². The lowest BCUT2D eigenvalue weighted by atomic mass is 10.1. The second-order valence-electron chi connectivity index (χ2n) is 7.84. The van der Waals surface area contributed by atoms with Crippen LogP contribution in [-0.4, -0.2) is 52.5 Å². The predicted molar refractivity (Wildman–Crippen MR) is 108 cm³/mol. The number of nitrogens with zero attached hydrogens (tertiary/aromatic N) is 3. The monoisotopic (exact) mass is 377 g/mol. The second-order valence-corrected chi connectivity index (χ2v) is 7.84. The number of carbonyl (C=O) groups is 1. The van der Waals surface area contributed by atoms with Gasteiger partial charge in [0.1, 0.15) is 5.82 Å². The molecule has 0 spiro atoms. The molecule has 5 heteroatoms. The molecule has 1 atom stereocenters. The van der Waals surface area contributed by atoms with Gasteiger partial charge in [0.05, 0.1) is 5.52 Å². The lowest BCUT2D eigenvalue weighted by Gasteiger charge is -2.23. The number of benzene rings is 2. The van der Waals surface area contributed by atoms with Gasteiger partial charge in [-0.25, -0.2) is 4.39 Å². The van der Waals surface area contributed by atoms with E-state index in [1.54, 1.807) is 12.1 Å². The largest absolute Gasteiger partial charge is 0.337 e. The van der Waals surface area contributed by atoms with E-state index in [1.807, 2.05) is 46.0 Å². The number of amides is 1. The average molecular weight is 377 g/mol. The maximum atomic E-state index is 13.9. The Kier molecular flexibility index (Phi) is 4.40. The molecule has 2 saturated heterocycles. The molecule has 2 fully saturated rings. The second kappa shape index (κ2) is 7.06. The van der Waals surface area contributed by atoms with Gasteiger partial charge in [0.2, 0.25) is 0 Å². The lowest BCUT2D eigenvalue weighted by molar-refractivity contribution is 0.0780. The van der Waals surface area contributed by atoms with E-state index < -0.39 is 0 Å². The summed E-state index contributed by atoms with van der Waals surface area (Å²) >= 11 is 0. The molecule has 3 heterocycles. The number of likely N-dealkylation sites (tertiary alicyclic amines) is 2. The Hall–Kier alpha value is -2.66. The van der Waals surface area contributed by atoms with E-state index in [0.29, 0.717) is 17.0 Å². The molecule has 0 saturated carbocycles. The summed E-state index contributed by atoms with van der Waals surface area (Å²) in [5.41, 5.74) is 2.47. The fourth-order valence-corrected chi connectivity index (χ4v) is 4.63. The van der Waals surface area contributed by atoms with Gasteiger partial charge in [0, 0.05) is 42.0 Å². The molecular formula is C23H24FN3O. The maximum absolute atomic E-state index is 13.9. The maximum Gasteiger partial charge on any atom is 0.253 e. The van der Waals surface area contributed by atoms with Gasteiger partial charge >= 0.3 is 0 Å². The third kappa shape index (κ3) is 3.00. The molecule has 0 unspecified atom stereocenters. The molecule has 0 N–H and O–H groups in total. The number of hydrogen-bond acceptors (Lipinski definition) is 2. The normalized spacial score (nSPS) is 20.3. The molecular weight excluding hydrogens is 353 g/mol. The Morgan fingerprint density at radius 3 is 2.54 bits per heavy atom. The Morgan fingerprint density at radius 1 is 0.964 bits per heavy atom. The highest BCUT2D eigenvalue weighted by Crippen LogP contribution is 2.25. The summed E-state index contributed by atoms with van der Waals surface area (Å²) in [6, 6.07) is 15.0. The van der Waals surface area contributed by atoms with Crippen LogP contribution in [-0.2, 0) is 0 Å². The van der Waals surface area contributed by atoms with E-state index in [4.69, 9.17) is 0 Å². The first kappa shape index (κ1) is 17.4. The standard InChI is InChI=1S/C23H24FN3O/c24-21-4-3-5-22-20(21)11-15-27(22)18-8-6-17(7-9-18)23(28)26-14-10-19(16-26)25-12-1-2-13-25/h3-9,11,15,19H,1-2,10,12-14,16H2/t19-/m0/s1. The molecule has 0 aliphatic carbocycles. The first-order valence-corrected chi connectivity index (χ1v) is 10.1. The molecule has 5 rings (SSSR count). The van der Waals surface area contributed by atoms with E-state index in [2.05, 4.69) is 4.90 Å². The number of aromatic nitrogens is 1. The summed E-state index contributed by atoms with van der Waals surface area (Å²) in [5.74, 6) is -0.110. The SMILES string of the molecule is O=C(c1ccc(-n2ccc3c(F)cccc32)cc1)N1CC[C@H](N2CCCC2)C1. The Labute approximate surface area is 164 Å². The smallest absolute Gasteiger partial charge is 0.253 e. The molecule has 0 bridgehead atoms. The molecule has 4 nitrogen and oxygen atoms in total. The minimum Gasteiger partial charge on any atom is -0.337 e. The van der Waals surface area contributed by atoms with Crippen molar-refractivity contribution in [2.75, 3.05) is 26.2 Å². The van der Waals surface area contributed by atoms with Crippen molar-refractivity contribution in [2.45, 2.75) is 25.3 Å². The molecule has 3 aromatic rings. The summed E-state index contributed by atoms with van der Waals surface area (Å²) in [6.07, 6.45) is 5.50. The predicted octanol–water partition coefficient (Wildman–Crippen LogP) is 4.08. The van der Waals surface area contributed by atoms with Crippen molar-refractivity contribution < 1.29 is 9.18 Å². The minimum atomic E-state index is -0.218. The highest BCUT2D eigenvalue weighted by molar-refractivity contribution is 5.94. The molecule has 144 valence electrons. The van der Waals surface area contributed by atoms with Gasteiger partial charge in [-0.05, 0) is 74.8 Å². The van der Waals surface area contributed by atoms with Crippen molar-refractivity contribution in [1.29, 1.82) is 0 Å². The zero-order chi connectivity index (χ0) is 19.1. The van der Waals surface area contributed by atoms with E-state index in [0.717, 1.165) is 30.7 Å². The first-order chi connectivity index (χ1) is 13.7. The number of halogens is 1. The molecule has 0 radical (unpaired) electrons. The molecule has 1 aromatic heterocycles. The highest BCUT2D eigenvalue weighted by Gasteiger charge is 2.31. The van der Waals surface area contributed by atoms with Crippen LogP contribution in [0.1, 0.15) is 29.6 Å². The number of rotatable bonds is 3. The summed E-state index contributed by atoms with van der Waals surface area (Å²) in [5, 5.41) is 0.604. The minimum absolute atomic E-state index is 0.108. The van der Waals surface area contributed by atoms with E-state index in [-0.39, 0.29) is 11.7 Å². The van der Waals surface area contributed by atoms with Crippen molar-refractivity contribution in [3.63, 3.8) is 0 Å². The molecule has 2 aliphatic rings. The van der Waals surface area contributed by atoms with Gasteiger partial charge in [-0.15, -0.1) is 0 Å². The fraction of sp³-hybridized carbons (Fsp3) is 0.348. The van der Waals surface area contributed by atoms with E-state index in [1.165, 1.54) is 32.0 Å². The van der Waals surface area contributed by atoms with Gasteiger partial charge in [-0.1, -0.05) is 6.07 Å². The lowest BCUT2D eigenvalue weighted by Crippen LogP contribution is -2.37. The molecule has 1 amide bonds. The Bertz CT molecular complexity index is 1000. The van der Waals surface area contributed by atoms with Crippen LogP contribution in [0.25, 0.3) is 16.6 Å². The molecule has 28 heavy (non-hydrogen) atoms. The molecule has 2 aliphatic heterocycles. The van der Waals surface area contributed by atoms with Crippen molar-refractivity contribution in [3.8, 4) is 5.69 Å². The first-order valence-electron chi connectivity index (χ1n) is 10.1. The van der Waals surface area contributed by atoms with Gasteiger partial charge < -0.3 is 9.47 Å². The Morgan fingerprint density at radius 2 is 1.75 bits per heavy atom.